The highest BCUT2D eigenvalue weighted by Gasteiger charge is 2.48. The molecule has 1 aliphatic heterocycles. The summed E-state index contributed by atoms with van der Waals surface area (Å²) in [5.74, 6) is 2.91. The zero-order valence-electron chi connectivity index (χ0n) is 14.5. The predicted octanol–water partition coefficient (Wildman–Crippen LogP) is 3.84. The van der Waals surface area contributed by atoms with E-state index in [2.05, 4.69) is 23.1 Å². The number of ketones is 1. The number of methoxy groups -OCH3 is 1. The first-order valence-electron chi connectivity index (χ1n) is 9.08. The Balaban J connectivity index is 0.00000169. The summed E-state index contributed by atoms with van der Waals surface area (Å²) in [5, 5.41) is 0. The fourth-order valence-electron chi connectivity index (χ4n) is 4.76. The molecule has 2 saturated carbocycles. The molecule has 3 fully saturated rings. The number of Topliss-reactive ketones (excluding diaryl/α,β-unsaturated/α-hetero) is 1. The molecule has 0 N–H and O–H groups in total. The maximum atomic E-state index is 12.3. The molecule has 3 aliphatic rings. The van der Waals surface area contributed by atoms with Gasteiger partial charge in [0.15, 0.2) is 0 Å². The largest absolute Gasteiger partial charge is 0.497 e. The van der Waals surface area contributed by atoms with Gasteiger partial charge in [-0.05, 0) is 61.8 Å². The lowest BCUT2D eigenvalue weighted by Gasteiger charge is -2.50. The highest BCUT2D eigenvalue weighted by molar-refractivity contribution is 5.85. The highest BCUT2D eigenvalue weighted by Crippen LogP contribution is 2.49. The first-order chi connectivity index (χ1) is 11.2. The van der Waals surface area contributed by atoms with Gasteiger partial charge in [-0.3, -0.25) is 4.79 Å². The second-order valence-corrected chi connectivity index (χ2v) is 7.79. The summed E-state index contributed by atoms with van der Waals surface area (Å²) in [4.78, 5) is 14.9. The normalized spacial score (nSPS) is 30.4. The number of benzene rings is 1. The molecule has 0 unspecified atom stereocenters. The Hall–Kier alpha value is -1.06. The Morgan fingerprint density at radius 1 is 1.29 bits per heavy atom. The maximum Gasteiger partial charge on any atom is 0.133 e. The van der Waals surface area contributed by atoms with Crippen LogP contribution in [0, 0.1) is 11.8 Å². The van der Waals surface area contributed by atoms with Crippen LogP contribution in [0.2, 0.25) is 0 Å². The van der Waals surface area contributed by atoms with Crippen LogP contribution in [0.15, 0.2) is 24.3 Å². The molecule has 132 valence electrons. The molecule has 1 aromatic rings. The smallest absolute Gasteiger partial charge is 0.133 e. The minimum Gasteiger partial charge on any atom is -0.497 e. The molecular weight excluding hydrogens is 322 g/mol. The molecule has 1 aromatic carbocycles. The zero-order chi connectivity index (χ0) is 15.9. The molecule has 4 heteroatoms. The highest BCUT2D eigenvalue weighted by atomic mass is 35.5. The predicted molar refractivity (Wildman–Crippen MR) is 98.0 cm³/mol. The maximum absolute atomic E-state index is 12.3. The van der Waals surface area contributed by atoms with Crippen LogP contribution in [0.5, 0.6) is 5.75 Å². The van der Waals surface area contributed by atoms with E-state index in [0.717, 1.165) is 43.9 Å². The van der Waals surface area contributed by atoms with Gasteiger partial charge in [0, 0.05) is 31.3 Å². The minimum atomic E-state index is 0. The Labute approximate surface area is 151 Å². The lowest BCUT2D eigenvalue weighted by Crippen LogP contribution is -2.53. The van der Waals surface area contributed by atoms with Crippen LogP contribution in [-0.4, -0.2) is 37.4 Å². The SMILES string of the molecule is COc1cccc([C@]23CCN(CC4CC4)C[C@@H]2CCC(=O)C3)c1.Cl. The van der Waals surface area contributed by atoms with Gasteiger partial charge in [-0.25, -0.2) is 0 Å². The molecule has 2 atom stereocenters. The van der Waals surface area contributed by atoms with E-state index in [1.54, 1.807) is 7.11 Å². The second-order valence-electron chi connectivity index (χ2n) is 7.79. The van der Waals surface area contributed by atoms with Crippen molar-refractivity contribution in [2.24, 2.45) is 11.8 Å². The van der Waals surface area contributed by atoms with Crippen molar-refractivity contribution in [1.82, 2.24) is 4.90 Å². The topological polar surface area (TPSA) is 29.5 Å². The van der Waals surface area contributed by atoms with E-state index in [-0.39, 0.29) is 17.8 Å². The van der Waals surface area contributed by atoms with Crippen molar-refractivity contribution in [3.8, 4) is 5.75 Å². The van der Waals surface area contributed by atoms with Gasteiger partial charge in [0.05, 0.1) is 7.11 Å². The first kappa shape index (κ1) is 17.8. The van der Waals surface area contributed by atoms with E-state index in [4.69, 9.17) is 4.74 Å². The number of ether oxygens (including phenoxy) is 1. The quantitative estimate of drug-likeness (QED) is 0.827. The molecule has 3 nitrogen and oxygen atoms in total. The average molecular weight is 350 g/mol. The third-order valence-corrected chi connectivity index (χ3v) is 6.28. The summed E-state index contributed by atoms with van der Waals surface area (Å²) < 4.78 is 5.44. The number of fused-ring (bicyclic) bond motifs is 1. The number of hydrogen-bond donors (Lipinski definition) is 0. The summed E-state index contributed by atoms with van der Waals surface area (Å²) in [7, 11) is 1.72. The summed E-state index contributed by atoms with van der Waals surface area (Å²) in [6.07, 6.45) is 6.50. The van der Waals surface area contributed by atoms with Crippen molar-refractivity contribution in [3.63, 3.8) is 0 Å². The lowest BCUT2D eigenvalue weighted by atomic mass is 9.59. The van der Waals surface area contributed by atoms with Crippen LogP contribution >= 0.6 is 12.4 Å². The number of hydrogen-bond acceptors (Lipinski definition) is 3. The summed E-state index contributed by atoms with van der Waals surface area (Å²) in [6, 6.07) is 8.46. The van der Waals surface area contributed by atoms with E-state index in [1.807, 2.05) is 6.07 Å². The van der Waals surface area contributed by atoms with E-state index < -0.39 is 0 Å². The van der Waals surface area contributed by atoms with E-state index in [0.29, 0.717) is 11.7 Å². The monoisotopic (exact) mass is 349 g/mol. The number of halogens is 1. The van der Waals surface area contributed by atoms with Crippen LogP contribution in [0.25, 0.3) is 0 Å². The molecular formula is C20H28ClNO2. The lowest BCUT2D eigenvalue weighted by molar-refractivity contribution is -0.125. The number of rotatable bonds is 4. The Morgan fingerprint density at radius 3 is 2.88 bits per heavy atom. The van der Waals surface area contributed by atoms with Crippen molar-refractivity contribution in [2.75, 3.05) is 26.7 Å². The standard InChI is InChI=1S/C20H27NO2.ClH/c1-23-19-4-2-3-16(11-19)20-9-10-21(13-15-5-6-15)14-17(20)7-8-18(22)12-20;/h2-4,11,15,17H,5-10,12-14H2,1H3;1H/t17-,20+;/m0./s1. The van der Waals surface area contributed by atoms with Crippen LogP contribution < -0.4 is 4.74 Å². The summed E-state index contributed by atoms with van der Waals surface area (Å²) in [5.41, 5.74) is 1.37. The summed E-state index contributed by atoms with van der Waals surface area (Å²) >= 11 is 0. The van der Waals surface area contributed by atoms with Crippen LogP contribution in [0.4, 0.5) is 0 Å². The molecule has 1 saturated heterocycles. The van der Waals surface area contributed by atoms with Gasteiger partial charge in [0.2, 0.25) is 0 Å². The molecule has 4 rings (SSSR count). The Bertz CT molecular complexity index is 601. The van der Waals surface area contributed by atoms with Gasteiger partial charge in [-0.1, -0.05) is 12.1 Å². The number of nitrogens with zero attached hydrogens (tertiary/aromatic N) is 1. The zero-order valence-corrected chi connectivity index (χ0v) is 15.3. The summed E-state index contributed by atoms with van der Waals surface area (Å²) in [6.45, 7) is 3.58. The van der Waals surface area contributed by atoms with Gasteiger partial charge < -0.3 is 9.64 Å². The van der Waals surface area contributed by atoms with Gasteiger partial charge in [-0.15, -0.1) is 12.4 Å². The molecule has 24 heavy (non-hydrogen) atoms. The average Bonchev–Trinajstić information content (AvgIpc) is 3.39. The van der Waals surface area contributed by atoms with E-state index >= 15 is 0 Å². The van der Waals surface area contributed by atoms with E-state index in [9.17, 15) is 4.79 Å². The van der Waals surface area contributed by atoms with Gasteiger partial charge >= 0.3 is 0 Å². The van der Waals surface area contributed by atoms with Crippen LogP contribution in [-0.2, 0) is 10.2 Å². The first-order valence-corrected chi connectivity index (χ1v) is 9.08. The molecule has 2 aliphatic carbocycles. The third kappa shape index (κ3) is 3.34. The number of carbonyl (C=O) groups is 1. The van der Waals surface area contributed by atoms with Gasteiger partial charge in [0.25, 0.3) is 0 Å². The second kappa shape index (κ2) is 7.05. The van der Waals surface area contributed by atoms with Crippen LogP contribution in [0.1, 0.15) is 44.1 Å². The molecule has 0 amide bonds. The van der Waals surface area contributed by atoms with Gasteiger partial charge in [-0.2, -0.15) is 0 Å². The molecule has 0 spiro atoms. The molecule has 0 aromatic heterocycles. The van der Waals surface area contributed by atoms with Crippen molar-refractivity contribution in [2.45, 2.75) is 43.9 Å². The Kier molecular flexibility index (Phi) is 5.22. The van der Waals surface area contributed by atoms with E-state index in [1.165, 1.54) is 31.5 Å². The molecule has 0 bridgehead atoms. The molecule has 0 radical (unpaired) electrons. The van der Waals surface area contributed by atoms with Crippen molar-refractivity contribution in [3.05, 3.63) is 29.8 Å². The van der Waals surface area contributed by atoms with Crippen molar-refractivity contribution in [1.29, 1.82) is 0 Å². The molecule has 1 heterocycles. The number of likely N-dealkylation sites (tertiary alicyclic amines) is 1. The minimum absolute atomic E-state index is 0. The fourth-order valence-corrected chi connectivity index (χ4v) is 4.76. The van der Waals surface area contributed by atoms with Gasteiger partial charge in [0.1, 0.15) is 11.5 Å². The van der Waals surface area contributed by atoms with Crippen molar-refractivity contribution >= 4 is 18.2 Å². The van der Waals surface area contributed by atoms with Crippen LogP contribution in [0.3, 0.4) is 0 Å². The number of carbonyl (C=O) groups excluding carboxylic acids is 1. The third-order valence-electron chi connectivity index (χ3n) is 6.28. The fraction of sp³-hybridized carbons (Fsp3) is 0.650. The Morgan fingerprint density at radius 2 is 2.12 bits per heavy atom. The number of piperidine rings is 1. The van der Waals surface area contributed by atoms with Crippen molar-refractivity contribution < 1.29 is 9.53 Å².